The molecule has 0 bridgehead atoms. The molecule has 0 atom stereocenters. The highest BCUT2D eigenvalue weighted by atomic mass is 32.2. The molecule has 0 aromatic heterocycles. The zero-order valence-corrected chi connectivity index (χ0v) is 17.9. The monoisotopic (exact) mass is 404 g/mol. The molecule has 2 rings (SSSR count). The fraction of sp³-hybridized carbons (Fsp3) is 0.381. The SMILES string of the molecule is Cc1ccc(C)c(S(=O)(=O)NCCNC(=O)COc2c(C)ccc(C)c2C)c1. The summed E-state index contributed by atoms with van der Waals surface area (Å²) in [6.07, 6.45) is 0. The second kappa shape index (κ2) is 9.21. The Morgan fingerprint density at radius 3 is 2.29 bits per heavy atom. The summed E-state index contributed by atoms with van der Waals surface area (Å²) in [6.45, 7) is 9.64. The third-order valence-corrected chi connectivity index (χ3v) is 6.20. The fourth-order valence-electron chi connectivity index (χ4n) is 2.80. The van der Waals surface area contributed by atoms with Crippen molar-refractivity contribution in [2.24, 2.45) is 0 Å². The number of rotatable bonds is 8. The minimum Gasteiger partial charge on any atom is -0.483 e. The molecule has 0 spiro atoms. The normalized spacial score (nSPS) is 11.3. The van der Waals surface area contributed by atoms with Gasteiger partial charge >= 0.3 is 0 Å². The molecule has 0 saturated heterocycles. The lowest BCUT2D eigenvalue weighted by Gasteiger charge is -2.14. The van der Waals surface area contributed by atoms with Crippen molar-refractivity contribution in [1.82, 2.24) is 10.0 Å². The maximum absolute atomic E-state index is 12.4. The van der Waals surface area contributed by atoms with E-state index >= 15 is 0 Å². The number of ether oxygens (including phenoxy) is 1. The molecule has 2 aromatic carbocycles. The number of amides is 1. The minimum absolute atomic E-state index is 0.101. The average Bonchev–Trinajstić information content (AvgIpc) is 2.64. The molecule has 0 unspecified atom stereocenters. The van der Waals surface area contributed by atoms with Crippen molar-refractivity contribution in [2.75, 3.05) is 19.7 Å². The Morgan fingerprint density at radius 1 is 0.929 bits per heavy atom. The van der Waals surface area contributed by atoms with Crippen molar-refractivity contribution < 1.29 is 17.9 Å². The van der Waals surface area contributed by atoms with Crippen LogP contribution in [0.25, 0.3) is 0 Å². The van der Waals surface area contributed by atoms with Crippen molar-refractivity contribution in [3.8, 4) is 5.75 Å². The Labute approximate surface area is 167 Å². The van der Waals surface area contributed by atoms with Crippen LogP contribution in [0.15, 0.2) is 35.2 Å². The van der Waals surface area contributed by atoms with Gasteiger partial charge in [0.15, 0.2) is 6.61 Å². The van der Waals surface area contributed by atoms with Gasteiger partial charge in [-0.05, 0) is 68.5 Å². The van der Waals surface area contributed by atoms with Crippen molar-refractivity contribution in [3.63, 3.8) is 0 Å². The Balaban J connectivity index is 1.83. The standard InChI is InChI=1S/C21H28N2O4S/c1-14-6-7-16(3)19(12-14)28(25,26)23-11-10-22-20(24)13-27-21-17(4)9-8-15(2)18(21)5/h6-9,12,23H,10-11,13H2,1-5H3,(H,22,24). The van der Waals surface area contributed by atoms with Gasteiger partial charge in [-0.2, -0.15) is 0 Å². The molecule has 28 heavy (non-hydrogen) atoms. The van der Waals surface area contributed by atoms with Crippen LogP contribution in [0.5, 0.6) is 5.75 Å². The lowest BCUT2D eigenvalue weighted by Crippen LogP contribution is -2.37. The lowest BCUT2D eigenvalue weighted by molar-refractivity contribution is -0.123. The first-order chi connectivity index (χ1) is 13.1. The number of hydrogen-bond acceptors (Lipinski definition) is 4. The molecule has 0 radical (unpaired) electrons. The molecule has 0 saturated carbocycles. The summed E-state index contributed by atoms with van der Waals surface area (Å²) in [5.74, 6) is 0.414. The summed E-state index contributed by atoms with van der Waals surface area (Å²) in [5, 5.41) is 2.67. The van der Waals surface area contributed by atoms with E-state index in [9.17, 15) is 13.2 Å². The van der Waals surface area contributed by atoms with Crippen LogP contribution in [0.2, 0.25) is 0 Å². The molecule has 1 amide bonds. The predicted molar refractivity (Wildman–Crippen MR) is 110 cm³/mol. The maximum atomic E-state index is 12.4. The minimum atomic E-state index is -3.62. The molecule has 152 valence electrons. The van der Waals surface area contributed by atoms with Gasteiger partial charge in [0.05, 0.1) is 4.90 Å². The summed E-state index contributed by atoms with van der Waals surface area (Å²) < 4.78 is 33.0. The molecule has 0 fully saturated rings. The van der Waals surface area contributed by atoms with Crippen LogP contribution in [0, 0.1) is 34.6 Å². The molecule has 0 aliphatic rings. The molecule has 2 N–H and O–H groups in total. The van der Waals surface area contributed by atoms with Gasteiger partial charge < -0.3 is 10.1 Å². The van der Waals surface area contributed by atoms with Gasteiger partial charge in [0.2, 0.25) is 10.0 Å². The lowest BCUT2D eigenvalue weighted by atomic mass is 10.1. The summed E-state index contributed by atoms with van der Waals surface area (Å²) in [6, 6.07) is 9.25. The highest BCUT2D eigenvalue weighted by molar-refractivity contribution is 7.89. The van der Waals surface area contributed by atoms with E-state index in [0.29, 0.717) is 11.3 Å². The Bertz CT molecular complexity index is 969. The Morgan fingerprint density at radius 2 is 1.57 bits per heavy atom. The smallest absolute Gasteiger partial charge is 0.257 e. The van der Waals surface area contributed by atoms with Gasteiger partial charge in [-0.15, -0.1) is 0 Å². The van der Waals surface area contributed by atoms with Crippen LogP contribution < -0.4 is 14.8 Å². The number of carbonyl (C=O) groups is 1. The maximum Gasteiger partial charge on any atom is 0.257 e. The predicted octanol–water partition coefficient (Wildman–Crippen LogP) is 2.70. The first-order valence-electron chi connectivity index (χ1n) is 9.15. The molecular formula is C21H28N2O4S. The van der Waals surface area contributed by atoms with E-state index in [2.05, 4.69) is 10.0 Å². The van der Waals surface area contributed by atoms with Crippen LogP contribution in [0.3, 0.4) is 0 Å². The van der Waals surface area contributed by atoms with Crippen LogP contribution in [0.1, 0.15) is 27.8 Å². The average molecular weight is 405 g/mol. The number of benzene rings is 2. The van der Waals surface area contributed by atoms with Crippen molar-refractivity contribution >= 4 is 15.9 Å². The first-order valence-corrected chi connectivity index (χ1v) is 10.6. The quantitative estimate of drug-likeness (QED) is 0.663. The molecule has 0 aliphatic carbocycles. The van der Waals surface area contributed by atoms with Gasteiger partial charge in [-0.3, -0.25) is 4.79 Å². The molecule has 0 aliphatic heterocycles. The number of carbonyl (C=O) groups excluding carboxylic acids is 1. The fourth-order valence-corrected chi connectivity index (χ4v) is 4.16. The number of sulfonamides is 1. The van der Waals surface area contributed by atoms with Gasteiger partial charge in [-0.25, -0.2) is 13.1 Å². The zero-order chi connectivity index (χ0) is 20.9. The summed E-state index contributed by atoms with van der Waals surface area (Å²) in [7, 11) is -3.62. The second-order valence-corrected chi connectivity index (χ2v) is 8.69. The summed E-state index contributed by atoms with van der Waals surface area (Å²) >= 11 is 0. The van der Waals surface area contributed by atoms with E-state index in [0.717, 1.165) is 22.3 Å². The number of hydrogen-bond donors (Lipinski definition) is 2. The van der Waals surface area contributed by atoms with E-state index in [1.165, 1.54) is 0 Å². The number of nitrogens with one attached hydrogen (secondary N) is 2. The highest BCUT2D eigenvalue weighted by Crippen LogP contribution is 2.25. The molecule has 0 heterocycles. The third kappa shape index (κ3) is 5.56. The van der Waals surface area contributed by atoms with Crippen molar-refractivity contribution in [2.45, 2.75) is 39.5 Å². The Hall–Kier alpha value is -2.38. The highest BCUT2D eigenvalue weighted by Gasteiger charge is 2.16. The summed E-state index contributed by atoms with van der Waals surface area (Å²) in [5.41, 5.74) is 4.63. The zero-order valence-electron chi connectivity index (χ0n) is 17.0. The van der Waals surface area contributed by atoms with E-state index in [1.807, 2.05) is 45.9 Å². The molecular weight excluding hydrogens is 376 g/mol. The largest absolute Gasteiger partial charge is 0.483 e. The van der Waals surface area contributed by atoms with Crippen LogP contribution in [-0.2, 0) is 14.8 Å². The Kier molecular flexibility index (Phi) is 7.21. The van der Waals surface area contributed by atoms with E-state index in [-0.39, 0.29) is 30.5 Å². The molecule has 7 heteroatoms. The van der Waals surface area contributed by atoms with Gasteiger partial charge in [0, 0.05) is 13.1 Å². The van der Waals surface area contributed by atoms with E-state index < -0.39 is 10.0 Å². The van der Waals surface area contributed by atoms with E-state index in [1.54, 1.807) is 19.1 Å². The van der Waals surface area contributed by atoms with Gasteiger partial charge in [0.25, 0.3) is 5.91 Å². The topological polar surface area (TPSA) is 84.5 Å². The molecule has 2 aromatic rings. The van der Waals surface area contributed by atoms with Gasteiger partial charge in [-0.1, -0.05) is 24.3 Å². The third-order valence-electron chi connectivity index (χ3n) is 4.59. The van der Waals surface area contributed by atoms with Crippen molar-refractivity contribution in [3.05, 3.63) is 58.1 Å². The van der Waals surface area contributed by atoms with Crippen LogP contribution in [0.4, 0.5) is 0 Å². The van der Waals surface area contributed by atoms with Gasteiger partial charge in [0.1, 0.15) is 5.75 Å². The second-order valence-electron chi connectivity index (χ2n) is 6.96. The van der Waals surface area contributed by atoms with Crippen LogP contribution in [-0.4, -0.2) is 34.0 Å². The van der Waals surface area contributed by atoms with Crippen molar-refractivity contribution in [1.29, 1.82) is 0 Å². The molecule has 6 nitrogen and oxygen atoms in total. The summed E-state index contributed by atoms with van der Waals surface area (Å²) in [4.78, 5) is 12.3. The van der Waals surface area contributed by atoms with E-state index in [4.69, 9.17) is 4.74 Å². The van der Waals surface area contributed by atoms with Crippen LogP contribution >= 0.6 is 0 Å². The number of aryl methyl sites for hydroxylation is 4. The first kappa shape index (κ1) is 21.9.